The van der Waals surface area contributed by atoms with E-state index in [0.29, 0.717) is 12.1 Å². The first-order valence-electron chi connectivity index (χ1n) is 6.56. The average Bonchev–Trinajstić information content (AvgIpc) is 2.46. The van der Waals surface area contributed by atoms with Gasteiger partial charge in [-0.1, -0.05) is 37.3 Å². The summed E-state index contributed by atoms with van der Waals surface area (Å²) in [6.07, 6.45) is 1.82. The molecule has 1 aromatic carbocycles. The Labute approximate surface area is 113 Å². The highest BCUT2D eigenvalue weighted by Crippen LogP contribution is 2.28. The van der Waals surface area contributed by atoms with Crippen LogP contribution in [0.25, 0.3) is 0 Å². The van der Waals surface area contributed by atoms with E-state index in [-0.39, 0.29) is 5.41 Å². The predicted molar refractivity (Wildman–Crippen MR) is 71.9 cm³/mol. The summed E-state index contributed by atoms with van der Waals surface area (Å²) in [5, 5.41) is 2.75. The number of benzene rings is 1. The molecule has 1 aliphatic heterocycles. The Hall–Kier alpha value is -1.68. The maximum absolute atomic E-state index is 11.9. The fraction of sp³-hybridized carbons (Fsp3) is 0.467. The lowest BCUT2D eigenvalue weighted by Gasteiger charge is -2.33. The summed E-state index contributed by atoms with van der Waals surface area (Å²) in [5.74, 6) is -1.00. The van der Waals surface area contributed by atoms with Crippen molar-refractivity contribution in [3.63, 3.8) is 0 Å². The number of carbonyl (C=O) groups is 2. The SMILES string of the molecule is CC1(CNC(=O)C(=O)c2ccccc2)CCOCC1. The lowest BCUT2D eigenvalue weighted by molar-refractivity contribution is -0.117. The molecule has 0 unspecified atom stereocenters. The molecule has 1 aromatic rings. The second-order valence-corrected chi connectivity index (χ2v) is 5.30. The van der Waals surface area contributed by atoms with Gasteiger partial charge in [0, 0.05) is 25.3 Å². The number of Topliss-reactive ketones (excluding diaryl/α,β-unsaturated/α-hetero) is 1. The minimum absolute atomic E-state index is 0.0326. The summed E-state index contributed by atoms with van der Waals surface area (Å²) in [6, 6.07) is 8.62. The Bertz CT molecular complexity index is 450. The van der Waals surface area contributed by atoms with Crippen molar-refractivity contribution >= 4 is 11.7 Å². The van der Waals surface area contributed by atoms with Gasteiger partial charge in [0.05, 0.1) is 0 Å². The van der Waals surface area contributed by atoms with E-state index in [2.05, 4.69) is 12.2 Å². The van der Waals surface area contributed by atoms with Crippen LogP contribution in [-0.4, -0.2) is 31.4 Å². The Morgan fingerprint density at radius 2 is 1.84 bits per heavy atom. The number of nitrogens with one attached hydrogen (secondary N) is 1. The summed E-state index contributed by atoms with van der Waals surface area (Å²) < 4.78 is 5.31. The number of ether oxygens (including phenoxy) is 1. The molecule has 0 radical (unpaired) electrons. The predicted octanol–water partition coefficient (Wildman–Crippen LogP) is 1.80. The summed E-state index contributed by atoms with van der Waals surface area (Å²) in [7, 11) is 0. The third kappa shape index (κ3) is 3.64. The largest absolute Gasteiger partial charge is 0.381 e. The number of carbonyl (C=O) groups excluding carboxylic acids is 2. The number of ketones is 1. The van der Waals surface area contributed by atoms with Gasteiger partial charge >= 0.3 is 0 Å². The van der Waals surface area contributed by atoms with Crippen LogP contribution in [0.4, 0.5) is 0 Å². The third-order valence-corrected chi connectivity index (χ3v) is 3.62. The van der Waals surface area contributed by atoms with E-state index in [1.807, 2.05) is 6.07 Å². The molecule has 1 saturated heterocycles. The van der Waals surface area contributed by atoms with Gasteiger partial charge in [0.2, 0.25) is 5.78 Å². The van der Waals surface area contributed by atoms with E-state index in [4.69, 9.17) is 4.74 Å². The number of hydrogen-bond acceptors (Lipinski definition) is 3. The summed E-state index contributed by atoms with van der Waals surface area (Å²) in [6.45, 7) is 4.08. The molecule has 0 saturated carbocycles. The zero-order valence-electron chi connectivity index (χ0n) is 11.1. The van der Waals surface area contributed by atoms with Crippen molar-refractivity contribution < 1.29 is 14.3 Å². The topological polar surface area (TPSA) is 55.4 Å². The standard InChI is InChI=1S/C15H19NO3/c1-15(7-9-19-10-8-15)11-16-14(18)13(17)12-5-3-2-4-6-12/h2-6H,7-11H2,1H3,(H,16,18). The fourth-order valence-electron chi connectivity index (χ4n) is 2.14. The first-order chi connectivity index (χ1) is 9.11. The smallest absolute Gasteiger partial charge is 0.292 e. The molecule has 1 amide bonds. The molecule has 0 atom stereocenters. The van der Waals surface area contributed by atoms with Crippen molar-refractivity contribution in [2.24, 2.45) is 5.41 Å². The van der Waals surface area contributed by atoms with Gasteiger partial charge in [-0.15, -0.1) is 0 Å². The van der Waals surface area contributed by atoms with Crippen molar-refractivity contribution in [1.82, 2.24) is 5.32 Å². The highest BCUT2D eigenvalue weighted by atomic mass is 16.5. The van der Waals surface area contributed by atoms with Crippen LogP contribution in [0.5, 0.6) is 0 Å². The van der Waals surface area contributed by atoms with Crippen LogP contribution in [0.15, 0.2) is 30.3 Å². The van der Waals surface area contributed by atoms with Gasteiger partial charge in [0.25, 0.3) is 5.91 Å². The van der Waals surface area contributed by atoms with E-state index in [1.54, 1.807) is 24.3 Å². The lowest BCUT2D eigenvalue weighted by Crippen LogP contribution is -2.41. The molecule has 19 heavy (non-hydrogen) atoms. The maximum atomic E-state index is 11.9. The average molecular weight is 261 g/mol. The zero-order valence-corrected chi connectivity index (χ0v) is 11.1. The van der Waals surface area contributed by atoms with Gasteiger partial charge in [0.15, 0.2) is 0 Å². The van der Waals surface area contributed by atoms with Crippen molar-refractivity contribution in [3.05, 3.63) is 35.9 Å². The van der Waals surface area contributed by atoms with Gasteiger partial charge in [0.1, 0.15) is 0 Å². The Morgan fingerprint density at radius 3 is 2.47 bits per heavy atom. The zero-order chi connectivity index (χ0) is 13.7. The van der Waals surface area contributed by atoms with Crippen molar-refractivity contribution in [1.29, 1.82) is 0 Å². The molecule has 4 nitrogen and oxygen atoms in total. The Kier molecular flexibility index (Phi) is 4.32. The second-order valence-electron chi connectivity index (χ2n) is 5.30. The number of hydrogen-bond donors (Lipinski definition) is 1. The van der Waals surface area contributed by atoms with Crippen molar-refractivity contribution in [3.8, 4) is 0 Å². The number of amides is 1. The molecule has 0 spiro atoms. The van der Waals surface area contributed by atoms with E-state index in [0.717, 1.165) is 26.1 Å². The summed E-state index contributed by atoms with van der Waals surface area (Å²) in [4.78, 5) is 23.7. The molecule has 0 aromatic heterocycles. The maximum Gasteiger partial charge on any atom is 0.292 e. The van der Waals surface area contributed by atoms with Gasteiger partial charge in [-0.25, -0.2) is 0 Å². The molecule has 1 fully saturated rings. The molecule has 2 rings (SSSR count). The van der Waals surface area contributed by atoms with Crippen LogP contribution in [0.2, 0.25) is 0 Å². The Balaban J connectivity index is 1.89. The van der Waals surface area contributed by atoms with Crippen LogP contribution < -0.4 is 5.32 Å². The van der Waals surface area contributed by atoms with Gasteiger partial charge in [-0.05, 0) is 18.3 Å². The molecule has 1 heterocycles. The molecular weight excluding hydrogens is 242 g/mol. The molecule has 1 N–H and O–H groups in total. The van der Waals surface area contributed by atoms with Gasteiger partial charge < -0.3 is 10.1 Å². The van der Waals surface area contributed by atoms with Crippen molar-refractivity contribution in [2.45, 2.75) is 19.8 Å². The molecule has 1 aliphatic rings. The molecule has 0 bridgehead atoms. The second kappa shape index (κ2) is 5.97. The van der Waals surface area contributed by atoms with Gasteiger partial charge in [-0.2, -0.15) is 0 Å². The van der Waals surface area contributed by atoms with Crippen LogP contribution >= 0.6 is 0 Å². The van der Waals surface area contributed by atoms with E-state index in [1.165, 1.54) is 0 Å². The molecule has 102 valence electrons. The summed E-state index contributed by atoms with van der Waals surface area (Å²) in [5.41, 5.74) is 0.461. The molecule has 0 aliphatic carbocycles. The molecular formula is C15H19NO3. The van der Waals surface area contributed by atoms with E-state index in [9.17, 15) is 9.59 Å². The molecule has 4 heteroatoms. The quantitative estimate of drug-likeness (QED) is 0.664. The van der Waals surface area contributed by atoms with Crippen LogP contribution in [0.3, 0.4) is 0 Å². The van der Waals surface area contributed by atoms with E-state index < -0.39 is 11.7 Å². The van der Waals surface area contributed by atoms with Gasteiger partial charge in [-0.3, -0.25) is 9.59 Å². The summed E-state index contributed by atoms with van der Waals surface area (Å²) >= 11 is 0. The minimum Gasteiger partial charge on any atom is -0.381 e. The lowest BCUT2D eigenvalue weighted by atomic mass is 9.82. The number of rotatable bonds is 4. The van der Waals surface area contributed by atoms with E-state index >= 15 is 0 Å². The van der Waals surface area contributed by atoms with Crippen LogP contribution in [0, 0.1) is 5.41 Å². The van der Waals surface area contributed by atoms with Crippen LogP contribution in [-0.2, 0) is 9.53 Å². The van der Waals surface area contributed by atoms with Crippen LogP contribution in [0.1, 0.15) is 30.1 Å². The fourth-order valence-corrected chi connectivity index (χ4v) is 2.14. The highest BCUT2D eigenvalue weighted by molar-refractivity contribution is 6.42. The third-order valence-electron chi connectivity index (χ3n) is 3.62. The first-order valence-corrected chi connectivity index (χ1v) is 6.56. The highest BCUT2D eigenvalue weighted by Gasteiger charge is 2.28. The van der Waals surface area contributed by atoms with Crippen molar-refractivity contribution in [2.75, 3.05) is 19.8 Å². The first kappa shape index (κ1) is 13.7. The Morgan fingerprint density at radius 1 is 1.21 bits per heavy atom. The minimum atomic E-state index is -0.529. The normalized spacial score (nSPS) is 17.7. The monoisotopic (exact) mass is 261 g/mol.